The Kier molecular flexibility index (Phi) is 4.79. The predicted molar refractivity (Wildman–Crippen MR) is 175 cm³/mol. The Morgan fingerprint density at radius 3 is 2.30 bits per heavy atom. The summed E-state index contributed by atoms with van der Waals surface area (Å²) in [7, 11) is 0. The molecule has 0 saturated heterocycles. The van der Waals surface area contributed by atoms with Gasteiger partial charge in [0.05, 0.1) is 28.0 Å². The van der Waals surface area contributed by atoms with Crippen LogP contribution in [0.2, 0.25) is 0 Å². The Labute approximate surface area is 247 Å². The monoisotopic (exact) mass is 554 g/mol. The molecule has 3 heterocycles. The summed E-state index contributed by atoms with van der Waals surface area (Å²) in [5.41, 5.74) is 11.8. The molecule has 0 atom stereocenters. The Morgan fingerprint density at radius 2 is 1.42 bits per heavy atom. The van der Waals surface area contributed by atoms with Crippen LogP contribution in [-0.2, 0) is 5.41 Å². The van der Waals surface area contributed by atoms with Gasteiger partial charge in [-0.2, -0.15) is 0 Å². The Bertz CT molecular complexity index is 2500. The first-order chi connectivity index (χ1) is 21.0. The number of fused-ring (bicyclic) bond motifs is 9. The number of nitrogens with zero attached hydrogens (tertiary/aromatic N) is 2. The lowest BCUT2D eigenvalue weighted by atomic mass is 9.81. The van der Waals surface area contributed by atoms with Gasteiger partial charge in [-0.3, -0.25) is 9.78 Å². The lowest BCUT2D eigenvalue weighted by Gasteiger charge is -2.23. The first kappa shape index (κ1) is 24.2. The fourth-order valence-corrected chi connectivity index (χ4v) is 7.26. The maximum Gasteiger partial charge on any atom is 0.200 e. The normalized spacial score (nSPS) is 13.6. The van der Waals surface area contributed by atoms with Crippen LogP contribution >= 0.6 is 0 Å². The maximum atomic E-state index is 13.1. The molecule has 0 unspecified atom stereocenters. The maximum absolute atomic E-state index is 13.1. The van der Waals surface area contributed by atoms with Gasteiger partial charge in [0.2, 0.25) is 5.43 Å². The van der Waals surface area contributed by atoms with E-state index < -0.39 is 0 Å². The second-order valence-corrected chi connectivity index (χ2v) is 12.0. The summed E-state index contributed by atoms with van der Waals surface area (Å²) in [5, 5.41) is 3.62. The third-order valence-electron chi connectivity index (χ3n) is 9.28. The zero-order valence-corrected chi connectivity index (χ0v) is 23.8. The van der Waals surface area contributed by atoms with Gasteiger partial charge in [0.1, 0.15) is 11.2 Å². The number of pyridine rings is 1. The zero-order chi connectivity index (χ0) is 28.9. The number of benzene rings is 5. The molecule has 0 spiro atoms. The summed E-state index contributed by atoms with van der Waals surface area (Å²) < 4.78 is 8.52. The summed E-state index contributed by atoms with van der Waals surface area (Å²) >= 11 is 0. The number of rotatable bonds is 2. The molecular formula is C39H26N2O2. The molecule has 1 aliphatic rings. The minimum Gasteiger partial charge on any atom is -0.456 e. The van der Waals surface area contributed by atoms with Crippen molar-refractivity contribution in [3.8, 4) is 27.9 Å². The van der Waals surface area contributed by atoms with E-state index in [2.05, 4.69) is 90.1 Å². The molecule has 0 bridgehead atoms. The molecular weight excluding hydrogens is 528 g/mol. The van der Waals surface area contributed by atoms with Crippen molar-refractivity contribution >= 4 is 43.7 Å². The molecule has 0 N–H and O–H groups in total. The van der Waals surface area contributed by atoms with E-state index in [-0.39, 0.29) is 10.8 Å². The van der Waals surface area contributed by atoms with Crippen LogP contribution in [0.15, 0.2) is 131 Å². The molecule has 9 rings (SSSR count). The number of aromatic nitrogens is 2. The highest BCUT2D eigenvalue weighted by molar-refractivity contribution is 6.13. The number of hydrogen-bond donors (Lipinski definition) is 0. The molecule has 204 valence electrons. The molecule has 0 amide bonds. The van der Waals surface area contributed by atoms with Gasteiger partial charge < -0.3 is 8.98 Å². The third-order valence-corrected chi connectivity index (χ3v) is 9.28. The van der Waals surface area contributed by atoms with Gasteiger partial charge in [-0.1, -0.05) is 80.6 Å². The highest BCUT2D eigenvalue weighted by Crippen LogP contribution is 2.52. The topological polar surface area (TPSA) is 48.0 Å². The van der Waals surface area contributed by atoms with Crippen molar-refractivity contribution in [1.29, 1.82) is 0 Å². The van der Waals surface area contributed by atoms with Crippen molar-refractivity contribution in [3.63, 3.8) is 0 Å². The van der Waals surface area contributed by atoms with E-state index in [1.54, 1.807) is 0 Å². The number of hydrogen-bond acceptors (Lipinski definition) is 3. The molecule has 0 radical (unpaired) electrons. The van der Waals surface area contributed by atoms with Crippen LogP contribution in [0.5, 0.6) is 0 Å². The fourth-order valence-electron chi connectivity index (χ4n) is 7.26. The van der Waals surface area contributed by atoms with E-state index in [1.165, 1.54) is 38.5 Å². The average Bonchev–Trinajstić information content (AvgIpc) is 3.50. The molecule has 3 aromatic heterocycles. The largest absolute Gasteiger partial charge is 0.456 e. The van der Waals surface area contributed by atoms with E-state index in [1.807, 2.05) is 54.9 Å². The van der Waals surface area contributed by atoms with Gasteiger partial charge in [0.15, 0.2) is 0 Å². The van der Waals surface area contributed by atoms with Gasteiger partial charge in [-0.15, -0.1) is 0 Å². The Hall–Kier alpha value is -5.48. The van der Waals surface area contributed by atoms with Crippen LogP contribution < -0.4 is 5.43 Å². The van der Waals surface area contributed by atoms with Crippen LogP contribution in [0.25, 0.3) is 71.7 Å². The first-order valence-corrected chi connectivity index (χ1v) is 14.6. The zero-order valence-electron chi connectivity index (χ0n) is 23.8. The predicted octanol–water partition coefficient (Wildman–Crippen LogP) is 9.41. The molecule has 5 aromatic carbocycles. The molecule has 8 aromatic rings. The quantitative estimate of drug-likeness (QED) is 0.200. The molecule has 4 nitrogen and oxygen atoms in total. The number of para-hydroxylation sites is 1. The highest BCUT2D eigenvalue weighted by Gasteiger charge is 2.38. The van der Waals surface area contributed by atoms with E-state index >= 15 is 0 Å². The second kappa shape index (κ2) is 8.52. The lowest BCUT2D eigenvalue weighted by molar-refractivity contribution is 0.660. The minimum atomic E-state index is -0.149. The summed E-state index contributed by atoms with van der Waals surface area (Å²) in [5.74, 6) is 0. The highest BCUT2D eigenvalue weighted by atomic mass is 16.3. The Balaban J connectivity index is 1.24. The van der Waals surface area contributed by atoms with Crippen LogP contribution in [0.1, 0.15) is 25.0 Å². The van der Waals surface area contributed by atoms with Gasteiger partial charge in [0, 0.05) is 28.1 Å². The van der Waals surface area contributed by atoms with Crippen molar-refractivity contribution in [2.24, 2.45) is 0 Å². The molecule has 0 fully saturated rings. The summed E-state index contributed by atoms with van der Waals surface area (Å²) in [6.45, 7) is 4.67. The second-order valence-electron chi connectivity index (χ2n) is 12.0. The van der Waals surface area contributed by atoms with Gasteiger partial charge in [-0.25, -0.2) is 0 Å². The van der Waals surface area contributed by atoms with Crippen LogP contribution in [0.4, 0.5) is 0 Å². The first-order valence-electron chi connectivity index (χ1n) is 14.6. The molecule has 0 aliphatic heterocycles. The van der Waals surface area contributed by atoms with Gasteiger partial charge >= 0.3 is 0 Å². The van der Waals surface area contributed by atoms with Crippen LogP contribution in [0.3, 0.4) is 0 Å². The van der Waals surface area contributed by atoms with Gasteiger partial charge in [0.25, 0.3) is 0 Å². The fraction of sp³-hybridized carbons (Fsp3) is 0.0769. The average molecular weight is 555 g/mol. The van der Waals surface area contributed by atoms with Crippen LogP contribution in [0, 0.1) is 0 Å². The standard InChI is InChI=1S/C39H26N2O2/c1-39(2)32-9-5-3-7-26(32)28-17-18-29-27-19-20-40-22-33(27)41(37(29)36(28)39)25-14-11-23(12-15-25)24-13-16-31-35(21-24)43-34-10-6-4-8-30(34)38(31)42/h3-22H,1-2H3. The smallest absolute Gasteiger partial charge is 0.200 e. The van der Waals surface area contributed by atoms with Crippen molar-refractivity contribution in [1.82, 2.24) is 9.55 Å². The van der Waals surface area contributed by atoms with Crippen molar-refractivity contribution in [3.05, 3.63) is 143 Å². The Morgan fingerprint density at radius 1 is 0.674 bits per heavy atom. The van der Waals surface area contributed by atoms with E-state index in [0.717, 1.165) is 22.3 Å². The van der Waals surface area contributed by atoms with E-state index in [0.29, 0.717) is 21.9 Å². The third kappa shape index (κ3) is 3.26. The van der Waals surface area contributed by atoms with Crippen LogP contribution in [-0.4, -0.2) is 9.55 Å². The summed E-state index contributed by atoms with van der Waals surface area (Å²) in [4.78, 5) is 17.6. The molecule has 1 aliphatic carbocycles. The molecule has 4 heteroatoms. The molecule has 0 saturated carbocycles. The van der Waals surface area contributed by atoms with Crippen molar-refractivity contribution < 1.29 is 4.42 Å². The lowest BCUT2D eigenvalue weighted by Crippen LogP contribution is -2.16. The van der Waals surface area contributed by atoms with E-state index in [4.69, 9.17) is 4.42 Å². The minimum absolute atomic E-state index is 0.00340. The SMILES string of the molecule is CC1(C)c2ccccc2-c2ccc3c4ccncc4n(-c4ccc(-c5ccc6c(=O)c7ccccc7oc6c5)cc4)c3c21. The van der Waals surface area contributed by atoms with Crippen molar-refractivity contribution in [2.75, 3.05) is 0 Å². The van der Waals surface area contributed by atoms with Crippen molar-refractivity contribution in [2.45, 2.75) is 19.3 Å². The summed E-state index contributed by atoms with van der Waals surface area (Å²) in [6, 6.07) is 37.4. The molecule has 43 heavy (non-hydrogen) atoms. The van der Waals surface area contributed by atoms with Gasteiger partial charge in [-0.05, 0) is 75.8 Å². The summed E-state index contributed by atoms with van der Waals surface area (Å²) in [6.07, 6.45) is 3.85. The van der Waals surface area contributed by atoms with E-state index in [9.17, 15) is 4.79 Å².